The van der Waals surface area contributed by atoms with Crippen LogP contribution in [0.5, 0.6) is 46.0 Å². The number of benzene rings is 4. The van der Waals surface area contributed by atoms with E-state index in [0.717, 1.165) is 44.4 Å². The Morgan fingerprint density at radius 3 is 1.09 bits per heavy atom. The summed E-state index contributed by atoms with van der Waals surface area (Å²) >= 11 is 2.27. The van der Waals surface area contributed by atoms with Crippen molar-refractivity contribution >= 4 is 63.4 Å². The number of fused-ring (bicyclic) bond motifs is 8. The van der Waals surface area contributed by atoms with Gasteiger partial charge in [0.05, 0.1) is 231 Å². The number of Topliss-reactive ketones (excluding diaryl/α,β-unsaturated/α-hetero) is 2. The van der Waals surface area contributed by atoms with Gasteiger partial charge in [-0.1, -0.05) is 46.1 Å². The van der Waals surface area contributed by atoms with E-state index in [1.165, 1.54) is 0 Å². The maximum absolute atomic E-state index is 13.1. The molecule has 2 N–H and O–H groups in total. The summed E-state index contributed by atoms with van der Waals surface area (Å²) in [6.45, 7) is 25.1. The number of rotatable bonds is 67. The molecule has 2 amide bonds. The number of alkyl halides is 1. The van der Waals surface area contributed by atoms with Crippen LogP contribution in [0.25, 0.3) is 0 Å². The normalized spacial score (nSPS) is 17.8. The molecule has 128 heavy (non-hydrogen) atoms. The molecule has 1 saturated heterocycles. The minimum Gasteiger partial charge on any atom is -0.496 e. The lowest BCUT2D eigenvalue weighted by Gasteiger charge is -2.29. The second kappa shape index (κ2) is 57.1. The smallest absolute Gasteiger partial charge is 0.335 e. The molecule has 4 aromatic rings. The first kappa shape index (κ1) is 102. The van der Waals surface area contributed by atoms with E-state index in [9.17, 15) is 34.2 Å². The molecule has 36 nitrogen and oxygen atoms in total. The van der Waals surface area contributed by atoms with Gasteiger partial charge in [0, 0.05) is 101 Å². The summed E-state index contributed by atoms with van der Waals surface area (Å²) in [6, 6.07) is 14.9. The van der Waals surface area contributed by atoms with Crippen LogP contribution in [-0.4, -0.2) is 324 Å². The number of amides is 2. The van der Waals surface area contributed by atoms with E-state index < -0.39 is 17.8 Å². The Hall–Kier alpha value is -8.30. The summed E-state index contributed by atoms with van der Waals surface area (Å²) in [6.07, 6.45) is 1.58. The second-order valence-electron chi connectivity index (χ2n) is 30.2. The van der Waals surface area contributed by atoms with Crippen molar-refractivity contribution in [2.45, 2.75) is 121 Å². The molecule has 6 atom stereocenters. The molecular weight excluding hydrogens is 1790 g/mol. The van der Waals surface area contributed by atoms with Gasteiger partial charge in [-0.05, 0) is 86.4 Å². The molecule has 0 bridgehead atoms. The van der Waals surface area contributed by atoms with Crippen LogP contribution < -0.4 is 37.9 Å². The van der Waals surface area contributed by atoms with E-state index in [1.807, 2.05) is 50.2 Å². The molecule has 37 heteroatoms. The number of hydrogen-bond donors (Lipinski definition) is 2. The van der Waals surface area contributed by atoms with Crippen molar-refractivity contribution in [3.8, 4) is 46.0 Å². The van der Waals surface area contributed by atoms with Gasteiger partial charge in [0.2, 0.25) is 0 Å². The maximum Gasteiger partial charge on any atom is 0.335 e. The van der Waals surface area contributed by atoms with Gasteiger partial charge in [0.25, 0.3) is 11.8 Å². The second-order valence-corrected chi connectivity index (χ2v) is 31.3. The number of ether oxygens (including phenoxy) is 23. The van der Waals surface area contributed by atoms with Crippen molar-refractivity contribution in [1.29, 1.82) is 0 Å². The van der Waals surface area contributed by atoms with Crippen molar-refractivity contribution in [3.63, 3.8) is 0 Å². The van der Waals surface area contributed by atoms with E-state index in [4.69, 9.17) is 123 Å². The van der Waals surface area contributed by atoms with E-state index in [-0.39, 0.29) is 126 Å². The molecule has 11 rings (SSSR count). The summed E-state index contributed by atoms with van der Waals surface area (Å²) in [5.74, 6) is 2.29. The Labute approximate surface area is 760 Å². The van der Waals surface area contributed by atoms with Crippen LogP contribution in [0.15, 0.2) is 83.1 Å². The predicted octanol–water partition coefficient (Wildman–Crippen LogP) is 7.83. The first-order chi connectivity index (χ1) is 62.6. The Bertz CT molecular complexity index is 4210. The van der Waals surface area contributed by atoms with Gasteiger partial charge >= 0.3 is 5.97 Å². The molecule has 0 aromatic heterocycles. The standard InChI is InChI=1S/C49H66N2O19.C42H58INO14/c1-33(2)40-29-38-39(68-40)7-6-36(48-47-37-28-41(57-3)34(30-52)27-42(37)66-32-43(47)69-50-48)49(38)67-31-35(53)5-4-11-58-13-15-60-17-19-62-21-23-64-25-26-65-24-22-63-20-18-61-16-14-59-12-10-46(56)70-51-44(54)8-9-45(51)55;1-29(2)36-25-34-35(57-36)7-6-32(41-40-33-24-37(47-3)30(26-45)23-38(33)55-28-39(40)58-44-41)42(34)56-27-31(46)5-4-9-48-11-13-50-15-17-52-19-21-54-22-20-53-18-16-51-14-12-49-10-8-43/h6-7,27-28,40,43,47,52H,1,4-5,8-26,29-32H2,2-3H3;6-7,23-24,36,39-40,45H,1,4-5,8-22,25-28H2,2-3H3/t40-,43?,47?;36-,39?,40?/m11/s1. The fraction of sp³-hybridized carbons (Fsp3) is 0.615. The summed E-state index contributed by atoms with van der Waals surface area (Å²) in [7, 11) is 3.12. The van der Waals surface area contributed by atoms with Crippen molar-refractivity contribution in [1.82, 2.24) is 5.06 Å². The fourth-order valence-electron chi connectivity index (χ4n) is 14.3. The lowest BCUT2D eigenvalue weighted by molar-refractivity contribution is -0.198. The third-order valence-corrected chi connectivity index (χ3v) is 21.3. The molecule has 0 saturated carbocycles. The van der Waals surface area contributed by atoms with E-state index in [2.05, 4.69) is 46.1 Å². The Kier molecular flexibility index (Phi) is 45.4. The average molecular weight is 1910 g/mol. The number of hydrogen-bond acceptors (Lipinski definition) is 35. The third kappa shape index (κ3) is 32.0. The topological polar surface area (TPSA) is 394 Å². The summed E-state index contributed by atoms with van der Waals surface area (Å²) in [5, 5.41) is 29.4. The highest BCUT2D eigenvalue weighted by Crippen LogP contribution is 2.50. The molecule has 7 aliphatic rings. The van der Waals surface area contributed by atoms with Crippen molar-refractivity contribution in [2.24, 2.45) is 10.3 Å². The summed E-state index contributed by atoms with van der Waals surface area (Å²) in [4.78, 5) is 77.4. The minimum atomic E-state index is -0.710. The van der Waals surface area contributed by atoms with E-state index in [1.54, 1.807) is 26.4 Å². The molecular formula is C91H124IN3O33. The number of aliphatic hydroxyl groups is 2. The Morgan fingerprint density at radius 1 is 0.445 bits per heavy atom. The number of oxime groups is 2. The van der Waals surface area contributed by atoms with E-state index >= 15 is 0 Å². The van der Waals surface area contributed by atoms with Gasteiger partial charge in [-0.3, -0.25) is 19.2 Å². The molecule has 1 fully saturated rings. The van der Waals surface area contributed by atoms with Gasteiger partial charge in [-0.25, -0.2) is 4.79 Å². The number of carbonyl (C=O) groups is 5. The number of ketones is 2. The van der Waals surface area contributed by atoms with Gasteiger partial charge in [0.1, 0.15) is 96.1 Å². The largest absolute Gasteiger partial charge is 0.496 e. The zero-order chi connectivity index (χ0) is 90.5. The first-order valence-electron chi connectivity index (χ1n) is 43.5. The van der Waals surface area contributed by atoms with Gasteiger partial charge < -0.3 is 134 Å². The maximum atomic E-state index is 13.1. The third-order valence-electron chi connectivity index (χ3n) is 20.9. The zero-order valence-electron chi connectivity index (χ0n) is 73.8. The van der Waals surface area contributed by atoms with Crippen molar-refractivity contribution < 1.29 is 158 Å². The quantitative estimate of drug-likeness (QED) is 0.0140. The lowest BCUT2D eigenvalue weighted by atomic mass is 9.83. The van der Waals surface area contributed by atoms with Crippen LogP contribution in [-0.2, 0) is 136 Å². The van der Waals surface area contributed by atoms with Crippen LogP contribution in [0.1, 0.15) is 115 Å². The number of imide groups is 1. The zero-order valence-corrected chi connectivity index (χ0v) is 76.0. The average Bonchev–Trinajstić information content (AvgIpc) is 1.60. The Balaban J connectivity index is 0.000000271. The molecule has 4 aromatic carbocycles. The highest BCUT2D eigenvalue weighted by atomic mass is 127. The van der Waals surface area contributed by atoms with Crippen LogP contribution in [0.4, 0.5) is 0 Å². The van der Waals surface area contributed by atoms with Crippen LogP contribution in [0, 0.1) is 0 Å². The number of nitrogens with zero attached hydrogens (tertiary/aromatic N) is 3. The molecule has 4 unspecified atom stereocenters. The molecule has 0 radical (unpaired) electrons. The summed E-state index contributed by atoms with van der Waals surface area (Å²) < 4.78 is 132. The minimum absolute atomic E-state index is 0.0479. The fourth-order valence-corrected chi connectivity index (χ4v) is 14.6. The molecule has 7 heterocycles. The predicted molar refractivity (Wildman–Crippen MR) is 468 cm³/mol. The molecule has 7 aliphatic heterocycles. The number of methoxy groups -OCH3 is 2. The SMILES string of the molecule is C=C(C)[C@H]1Cc2c(ccc(C3=NOC4COc5cc(CO)c(OC)cc5C34)c2OCC(=O)CCCOCCOCCOCCOCCOCCOCCOCCI)O1.C=C(C)[C@H]1Cc2c(ccc(C3=NOC4COc5cc(CO)c(OC)cc5C34)c2OCC(=O)CCCOCCOCCOCCOCCOCCOCCOCCOCCC(=O)ON2C(=O)CCC2=O)O1. The van der Waals surface area contributed by atoms with Gasteiger partial charge in [-0.2, -0.15) is 0 Å². The number of hydroxylamine groups is 2. The van der Waals surface area contributed by atoms with Gasteiger partial charge in [-0.15, -0.1) is 5.06 Å². The van der Waals surface area contributed by atoms with Crippen LogP contribution in [0.2, 0.25) is 0 Å². The molecule has 708 valence electrons. The van der Waals surface area contributed by atoms with Gasteiger partial charge in [0.15, 0.2) is 23.8 Å². The molecule has 0 aliphatic carbocycles. The number of halogens is 1. The lowest BCUT2D eigenvalue weighted by Crippen LogP contribution is -2.33. The highest BCUT2D eigenvalue weighted by Gasteiger charge is 2.47. The van der Waals surface area contributed by atoms with E-state index in [0.29, 0.717) is 295 Å². The monoisotopic (exact) mass is 1910 g/mol. The first-order valence-corrected chi connectivity index (χ1v) is 45.1. The van der Waals surface area contributed by atoms with Crippen molar-refractivity contribution in [3.05, 3.63) is 117 Å². The Morgan fingerprint density at radius 2 is 0.773 bits per heavy atom. The molecule has 0 spiro atoms. The van der Waals surface area contributed by atoms with Crippen LogP contribution in [0.3, 0.4) is 0 Å². The number of aliphatic hydroxyl groups excluding tert-OH is 2. The number of carbonyl (C=O) groups excluding carboxylic acids is 5. The highest BCUT2D eigenvalue weighted by molar-refractivity contribution is 14.1. The van der Waals surface area contributed by atoms with Crippen molar-refractivity contribution in [2.75, 3.05) is 243 Å². The summed E-state index contributed by atoms with van der Waals surface area (Å²) in [5.41, 5.74) is 9.09. The van der Waals surface area contributed by atoms with Crippen LogP contribution >= 0.6 is 22.6 Å².